The lowest BCUT2D eigenvalue weighted by Gasteiger charge is -2.14. The zero-order valence-corrected chi connectivity index (χ0v) is 15.0. The first-order chi connectivity index (χ1) is 13.2. The van der Waals surface area contributed by atoms with Crippen LogP contribution in [0, 0.1) is 0 Å². The Morgan fingerprint density at radius 3 is 2.50 bits per heavy atom. The number of Topliss-reactive ketones (excluding diaryl/α,β-unsaturated/α-hetero) is 1. The van der Waals surface area contributed by atoms with Crippen LogP contribution in [-0.4, -0.2) is 18.3 Å². The van der Waals surface area contributed by atoms with Crippen LogP contribution in [-0.2, 0) is 15.8 Å². The fourth-order valence-corrected chi connectivity index (χ4v) is 2.37. The molecule has 0 heterocycles. The van der Waals surface area contributed by atoms with Crippen molar-refractivity contribution in [2.45, 2.75) is 13.1 Å². The van der Waals surface area contributed by atoms with Crippen LogP contribution in [0.5, 0.6) is 5.75 Å². The van der Waals surface area contributed by atoms with Gasteiger partial charge in [-0.25, -0.2) is 0 Å². The van der Waals surface area contributed by atoms with Gasteiger partial charge in [-0.15, -0.1) is 0 Å². The highest BCUT2D eigenvalue weighted by Crippen LogP contribution is 2.34. The van der Waals surface area contributed by atoms with E-state index >= 15 is 0 Å². The third-order valence-corrected chi connectivity index (χ3v) is 3.64. The fraction of sp³-hybridized carbons (Fsp3) is 0.143. The van der Waals surface area contributed by atoms with Gasteiger partial charge in [0.25, 0.3) is 5.91 Å². The molecule has 0 unspecified atom stereocenters. The molecule has 0 aliphatic rings. The standard InChI is InChI=1S/C21H18F3NO3/c1-3-11-28-16-8-6-7-15(12-16)13-17(14(2)26)20(27)25-19-10-5-4-9-18(19)21(22,23)24/h3-10,12-13H,1,11H2,2H3,(H,25,27)/b17-13+. The summed E-state index contributed by atoms with van der Waals surface area (Å²) in [6.45, 7) is 4.99. The fourth-order valence-electron chi connectivity index (χ4n) is 2.37. The first-order valence-corrected chi connectivity index (χ1v) is 8.26. The quantitative estimate of drug-likeness (QED) is 0.318. The number of carbonyl (C=O) groups excluding carboxylic acids is 2. The number of amides is 1. The monoisotopic (exact) mass is 389 g/mol. The number of rotatable bonds is 7. The summed E-state index contributed by atoms with van der Waals surface area (Å²) >= 11 is 0. The van der Waals surface area contributed by atoms with E-state index in [-0.39, 0.29) is 12.2 Å². The Morgan fingerprint density at radius 2 is 1.86 bits per heavy atom. The van der Waals surface area contributed by atoms with E-state index in [0.717, 1.165) is 12.1 Å². The van der Waals surface area contributed by atoms with Crippen LogP contribution >= 0.6 is 0 Å². The van der Waals surface area contributed by atoms with Gasteiger partial charge in [0, 0.05) is 0 Å². The maximum absolute atomic E-state index is 13.1. The van der Waals surface area contributed by atoms with Crippen LogP contribution < -0.4 is 10.1 Å². The number of ketones is 1. The Balaban J connectivity index is 2.32. The number of hydrogen-bond acceptors (Lipinski definition) is 3. The molecule has 0 aliphatic carbocycles. The van der Waals surface area contributed by atoms with E-state index in [1.165, 1.54) is 25.1 Å². The molecule has 28 heavy (non-hydrogen) atoms. The molecule has 0 bridgehead atoms. The van der Waals surface area contributed by atoms with Crippen LogP contribution in [0.15, 0.2) is 66.8 Å². The minimum Gasteiger partial charge on any atom is -0.490 e. The highest BCUT2D eigenvalue weighted by molar-refractivity contribution is 6.25. The van der Waals surface area contributed by atoms with E-state index in [1.807, 2.05) is 0 Å². The number of nitrogens with one attached hydrogen (secondary N) is 1. The topological polar surface area (TPSA) is 55.4 Å². The van der Waals surface area contributed by atoms with E-state index in [2.05, 4.69) is 11.9 Å². The number of benzene rings is 2. The molecular formula is C21H18F3NO3. The van der Waals surface area contributed by atoms with Gasteiger partial charge < -0.3 is 10.1 Å². The largest absolute Gasteiger partial charge is 0.490 e. The Morgan fingerprint density at radius 1 is 1.14 bits per heavy atom. The Bertz CT molecular complexity index is 917. The van der Waals surface area contributed by atoms with E-state index in [1.54, 1.807) is 30.3 Å². The van der Waals surface area contributed by atoms with Gasteiger partial charge in [0.2, 0.25) is 0 Å². The van der Waals surface area contributed by atoms with Gasteiger partial charge in [0.15, 0.2) is 5.78 Å². The zero-order chi connectivity index (χ0) is 20.7. The summed E-state index contributed by atoms with van der Waals surface area (Å²) in [6, 6.07) is 11.2. The van der Waals surface area contributed by atoms with Crippen LogP contribution in [0.4, 0.5) is 18.9 Å². The zero-order valence-electron chi connectivity index (χ0n) is 15.0. The van der Waals surface area contributed by atoms with Gasteiger partial charge in [0.1, 0.15) is 12.4 Å². The van der Waals surface area contributed by atoms with Crippen molar-refractivity contribution in [1.82, 2.24) is 0 Å². The summed E-state index contributed by atoms with van der Waals surface area (Å²) in [7, 11) is 0. The summed E-state index contributed by atoms with van der Waals surface area (Å²) in [5, 5.41) is 2.18. The molecule has 0 saturated carbocycles. The van der Waals surface area contributed by atoms with Crippen LogP contribution in [0.1, 0.15) is 18.1 Å². The number of carbonyl (C=O) groups is 2. The van der Waals surface area contributed by atoms with E-state index < -0.39 is 29.1 Å². The SMILES string of the molecule is C=CCOc1cccc(/C=C(\C(C)=O)C(=O)Nc2ccccc2C(F)(F)F)c1. The van der Waals surface area contributed by atoms with Crippen molar-refractivity contribution in [3.05, 3.63) is 77.9 Å². The molecular weight excluding hydrogens is 371 g/mol. The number of ether oxygens (including phenoxy) is 1. The van der Waals surface area contributed by atoms with Crippen LogP contribution in [0.25, 0.3) is 6.08 Å². The molecule has 0 fully saturated rings. The molecule has 2 aromatic rings. The van der Waals surface area contributed by atoms with Crippen molar-refractivity contribution in [3.63, 3.8) is 0 Å². The normalized spacial score (nSPS) is 11.6. The molecule has 0 saturated heterocycles. The van der Waals surface area contributed by atoms with Gasteiger partial charge in [0.05, 0.1) is 16.8 Å². The summed E-state index contributed by atoms with van der Waals surface area (Å²) in [6.07, 6.45) is -1.77. The third kappa shape index (κ3) is 5.57. The lowest BCUT2D eigenvalue weighted by molar-refractivity contribution is -0.137. The first-order valence-electron chi connectivity index (χ1n) is 8.26. The lowest BCUT2D eigenvalue weighted by atomic mass is 10.1. The third-order valence-electron chi connectivity index (χ3n) is 3.64. The van der Waals surface area contributed by atoms with Crippen molar-refractivity contribution >= 4 is 23.5 Å². The Kier molecular flexibility index (Phi) is 6.76. The molecule has 2 rings (SSSR count). The maximum Gasteiger partial charge on any atom is 0.418 e. The summed E-state index contributed by atoms with van der Waals surface area (Å²) in [5.74, 6) is -1.01. The maximum atomic E-state index is 13.1. The smallest absolute Gasteiger partial charge is 0.418 e. The van der Waals surface area contributed by atoms with E-state index in [4.69, 9.17) is 4.74 Å². The van der Waals surface area contributed by atoms with Crippen molar-refractivity contribution in [3.8, 4) is 5.75 Å². The molecule has 146 valence electrons. The molecule has 0 aromatic heterocycles. The predicted molar refractivity (Wildman–Crippen MR) is 101 cm³/mol. The second-order valence-electron chi connectivity index (χ2n) is 5.78. The van der Waals surface area contributed by atoms with E-state index in [9.17, 15) is 22.8 Å². The van der Waals surface area contributed by atoms with Crippen LogP contribution in [0.3, 0.4) is 0 Å². The Labute approximate surface area is 160 Å². The number of halogens is 3. The van der Waals surface area contributed by atoms with Crippen molar-refractivity contribution in [1.29, 1.82) is 0 Å². The molecule has 0 spiro atoms. The first kappa shape index (κ1) is 21.0. The number of anilines is 1. The Hall–Kier alpha value is -3.35. The number of hydrogen-bond donors (Lipinski definition) is 1. The molecule has 0 aliphatic heterocycles. The average Bonchev–Trinajstić information content (AvgIpc) is 2.64. The molecule has 1 N–H and O–H groups in total. The highest BCUT2D eigenvalue weighted by Gasteiger charge is 2.33. The van der Waals surface area contributed by atoms with Crippen molar-refractivity contribution in [2.75, 3.05) is 11.9 Å². The van der Waals surface area contributed by atoms with Crippen molar-refractivity contribution in [2.24, 2.45) is 0 Å². The molecule has 7 heteroatoms. The predicted octanol–water partition coefficient (Wildman–Crippen LogP) is 4.88. The molecule has 4 nitrogen and oxygen atoms in total. The highest BCUT2D eigenvalue weighted by atomic mass is 19.4. The van der Waals surface area contributed by atoms with Gasteiger partial charge in [-0.2, -0.15) is 13.2 Å². The van der Waals surface area contributed by atoms with Gasteiger partial charge in [-0.05, 0) is 42.8 Å². The van der Waals surface area contributed by atoms with Gasteiger partial charge in [-0.3, -0.25) is 9.59 Å². The molecule has 0 radical (unpaired) electrons. The lowest BCUT2D eigenvalue weighted by Crippen LogP contribution is -2.21. The minimum absolute atomic E-state index is 0.279. The van der Waals surface area contributed by atoms with Crippen molar-refractivity contribution < 1.29 is 27.5 Å². The second kappa shape index (κ2) is 9.03. The number of para-hydroxylation sites is 1. The molecule has 1 amide bonds. The summed E-state index contributed by atoms with van der Waals surface area (Å²) in [4.78, 5) is 24.4. The van der Waals surface area contributed by atoms with Gasteiger partial charge in [-0.1, -0.05) is 36.9 Å². The van der Waals surface area contributed by atoms with E-state index in [0.29, 0.717) is 11.3 Å². The molecule has 0 atom stereocenters. The second-order valence-corrected chi connectivity index (χ2v) is 5.78. The summed E-state index contributed by atoms with van der Waals surface area (Å²) < 4.78 is 44.7. The minimum atomic E-state index is -4.64. The number of alkyl halides is 3. The molecule has 2 aromatic carbocycles. The van der Waals surface area contributed by atoms with Crippen LogP contribution in [0.2, 0.25) is 0 Å². The summed E-state index contributed by atoms with van der Waals surface area (Å²) in [5.41, 5.74) is -1.20. The average molecular weight is 389 g/mol. The van der Waals surface area contributed by atoms with Gasteiger partial charge >= 0.3 is 6.18 Å².